The summed E-state index contributed by atoms with van der Waals surface area (Å²) in [4.78, 5) is 14.7. The van der Waals surface area contributed by atoms with Gasteiger partial charge in [-0.2, -0.15) is 10.2 Å². The first-order chi connectivity index (χ1) is 13.0. The van der Waals surface area contributed by atoms with E-state index in [2.05, 4.69) is 17.2 Å². The highest BCUT2D eigenvalue weighted by atomic mass is 16.2. The molecule has 1 amide bonds. The van der Waals surface area contributed by atoms with Crippen LogP contribution in [-0.2, 0) is 31.2 Å². The van der Waals surface area contributed by atoms with Crippen molar-refractivity contribution in [3.8, 4) is 11.3 Å². The Morgan fingerprint density at radius 1 is 1.15 bits per heavy atom. The second kappa shape index (κ2) is 6.90. The monoisotopic (exact) mass is 364 g/mol. The van der Waals surface area contributed by atoms with E-state index in [1.54, 1.807) is 10.7 Å². The highest BCUT2D eigenvalue weighted by Crippen LogP contribution is 2.28. The van der Waals surface area contributed by atoms with Crippen molar-refractivity contribution >= 4 is 11.7 Å². The number of fused-ring (bicyclic) bond motifs is 1. The average molecular weight is 364 g/mol. The lowest BCUT2D eigenvalue weighted by atomic mass is 10.0. The van der Waals surface area contributed by atoms with Gasteiger partial charge in [-0.1, -0.05) is 30.3 Å². The fourth-order valence-corrected chi connectivity index (χ4v) is 3.81. The number of nitrogens with two attached hydrogens (primary N) is 1. The van der Waals surface area contributed by atoms with Gasteiger partial charge in [0.15, 0.2) is 0 Å². The summed E-state index contributed by atoms with van der Waals surface area (Å²) in [5.74, 6) is 0.563. The smallest absolute Gasteiger partial charge is 0.244 e. The van der Waals surface area contributed by atoms with Gasteiger partial charge in [-0.05, 0) is 13.3 Å². The summed E-state index contributed by atoms with van der Waals surface area (Å²) in [6, 6.07) is 12.1. The van der Waals surface area contributed by atoms with Crippen LogP contribution in [0, 0.1) is 6.92 Å². The van der Waals surface area contributed by atoms with Gasteiger partial charge in [-0.15, -0.1) is 0 Å². The molecule has 2 aromatic heterocycles. The Bertz CT molecular complexity index is 972. The van der Waals surface area contributed by atoms with E-state index in [0.717, 1.165) is 35.5 Å². The lowest BCUT2D eigenvalue weighted by Gasteiger charge is -2.20. The van der Waals surface area contributed by atoms with Crippen LogP contribution < -0.4 is 5.73 Å². The molecule has 0 radical (unpaired) electrons. The van der Waals surface area contributed by atoms with Gasteiger partial charge in [-0.3, -0.25) is 9.48 Å². The quantitative estimate of drug-likeness (QED) is 0.768. The third-order valence-corrected chi connectivity index (χ3v) is 5.10. The second-order valence-electron chi connectivity index (χ2n) is 7.01. The number of aromatic nitrogens is 4. The molecule has 0 saturated carbocycles. The van der Waals surface area contributed by atoms with Crippen LogP contribution in [-0.4, -0.2) is 43.5 Å². The molecule has 0 aliphatic carbocycles. The van der Waals surface area contributed by atoms with Crippen LogP contribution in [0.15, 0.2) is 36.4 Å². The molecule has 0 unspecified atom stereocenters. The molecular weight excluding hydrogens is 340 g/mol. The summed E-state index contributed by atoms with van der Waals surface area (Å²) in [5, 5.41) is 9.02. The van der Waals surface area contributed by atoms with Crippen LogP contribution in [0.1, 0.15) is 17.0 Å². The SMILES string of the molecule is Cc1cc(N)n(CC(=O)N2CCc3nn(C)c(-c4ccccc4)c3CC2)n1. The molecule has 4 rings (SSSR count). The first-order valence-electron chi connectivity index (χ1n) is 9.21. The number of anilines is 1. The number of nitrogens with zero attached hydrogens (tertiary/aromatic N) is 5. The molecule has 7 heteroatoms. The highest BCUT2D eigenvalue weighted by Gasteiger charge is 2.24. The van der Waals surface area contributed by atoms with Gasteiger partial charge in [0.1, 0.15) is 12.4 Å². The summed E-state index contributed by atoms with van der Waals surface area (Å²) in [6.45, 7) is 3.39. The third kappa shape index (κ3) is 3.32. The predicted molar refractivity (Wildman–Crippen MR) is 104 cm³/mol. The molecular formula is C20H24N6O. The minimum atomic E-state index is 0.0422. The zero-order chi connectivity index (χ0) is 19.0. The van der Waals surface area contributed by atoms with Gasteiger partial charge in [0.2, 0.25) is 5.91 Å². The van der Waals surface area contributed by atoms with Gasteiger partial charge in [0, 0.05) is 43.8 Å². The van der Waals surface area contributed by atoms with Crippen molar-refractivity contribution in [1.82, 2.24) is 24.5 Å². The number of carbonyl (C=O) groups is 1. The Morgan fingerprint density at radius 2 is 1.89 bits per heavy atom. The zero-order valence-electron chi connectivity index (χ0n) is 15.7. The molecule has 2 N–H and O–H groups in total. The summed E-state index contributed by atoms with van der Waals surface area (Å²) >= 11 is 0. The molecule has 3 aromatic rings. The lowest BCUT2D eigenvalue weighted by Crippen LogP contribution is -2.36. The van der Waals surface area contributed by atoms with Crippen molar-refractivity contribution in [3.05, 3.63) is 53.3 Å². The van der Waals surface area contributed by atoms with E-state index in [9.17, 15) is 4.79 Å². The molecule has 0 spiro atoms. The maximum Gasteiger partial charge on any atom is 0.244 e. The van der Waals surface area contributed by atoms with Crippen molar-refractivity contribution < 1.29 is 4.79 Å². The minimum Gasteiger partial charge on any atom is -0.384 e. The van der Waals surface area contributed by atoms with Crippen LogP contribution in [0.2, 0.25) is 0 Å². The minimum absolute atomic E-state index is 0.0422. The molecule has 0 bridgehead atoms. The van der Waals surface area contributed by atoms with Gasteiger partial charge in [0.25, 0.3) is 0 Å². The van der Waals surface area contributed by atoms with Crippen LogP contribution in [0.5, 0.6) is 0 Å². The van der Waals surface area contributed by atoms with Crippen molar-refractivity contribution in [3.63, 3.8) is 0 Å². The number of hydrogen-bond donors (Lipinski definition) is 1. The summed E-state index contributed by atoms with van der Waals surface area (Å²) < 4.78 is 3.54. The maximum absolute atomic E-state index is 12.8. The molecule has 1 aromatic carbocycles. The molecule has 7 nitrogen and oxygen atoms in total. The first-order valence-corrected chi connectivity index (χ1v) is 9.21. The molecule has 0 saturated heterocycles. The number of benzene rings is 1. The van der Waals surface area contributed by atoms with E-state index in [1.807, 2.05) is 41.8 Å². The van der Waals surface area contributed by atoms with Crippen molar-refractivity contribution in [2.45, 2.75) is 26.3 Å². The number of nitrogen functional groups attached to an aromatic ring is 1. The fourth-order valence-electron chi connectivity index (χ4n) is 3.81. The predicted octanol–water partition coefficient (Wildman–Crippen LogP) is 1.80. The van der Waals surface area contributed by atoms with E-state index in [4.69, 9.17) is 10.8 Å². The van der Waals surface area contributed by atoms with E-state index in [1.165, 1.54) is 5.56 Å². The Morgan fingerprint density at radius 3 is 2.59 bits per heavy atom. The number of amides is 1. The molecule has 27 heavy (non-hydrogen) atoms. The largest absolute Gasteiger partial charge is 0.384 e. The van der Waals surface area contributed by atoms with E-state index in [0.29, 0.717) is 18.9 Å². The number of carbonyl (C=O) groups excluding carboxylic acids is 1. The van der Waals surface area contributed by atoms with Crippen LogP contribution in [0.25, 0.3) is 11.3 Å². The van der Waals surface area contributed by atoms with Crippen LogP contribution >= 0.6 is 0 Å². The summed E-state index contributed by atoms with van der Waals surface area (Å²) in [7, 11) is 1.99. The number of aryl methyl sites for hydroxylation is 2. The second-order valence-corrected chi connectivity index (χ2v) is 7.01. The molecule has 1 aliphatic heterocycles. The van der Waals surface area contributed by atoms with Crippen LogP contribution in [0.3, 0.4) is 0 Å². The average Bonchev–Trinajstić information content (AvgIpc) is 3.04. The zero-order valence-corrected chi connectivity index (χ0v) is 15.7. The van der Waals surface area contributed by atoms with Crippen LogP contribution in [0.4, 0.5) is 5.82 Å². The van der Waals surface area contributed by atoms with Gasteiger partial charge < -0.3 is 10.6 Å². The topological polar surface area (TPSA) is 82.0 Å². The van der Waals surface area contributed by atoms with Gasteiger partial charge in [-0.25, -0.2) is 4.68 Å². The molecule has 0 fully saturated rings. The lowest BCUT2D eigenvalue weighted by molar-refractivity contribution is -0.131. The third-order valence-electron chi connectivity index (χ3n) is 5.10. The Kier molecular flexibility index (Phi) is 4.43. The molecule has 1 aliphatic rings. The van der Waals surface area contributed by atoms with E-state index in [-0.39, 0.29) is 12.5 Å². The molecule has 3 heterocycles. The van der Waals surface area contributed by atoms with Gasteiger partial charge in [0.05, 0.1) is 17.1 Å². The Labute approximate surface area is 158 Å². The number of hydrogen-bond acceptors (Lipinski definition) is 4. The van der Waals surface area contributed by atoms with Crippen molar-refractivity contribution in [2.75, 3.05) is 18.8 Å². The maximum atomic E-state index is 12.8. The van der Waals surface area contributed by atoms with E-state index >= 15 is 0 Å². The molecule has 140 valence electrons. The Hall–Kier alpha value is -3.09. The first kappa shape index (κ1) is 17.3. The summed E-state index contributed by atoms with van der Waals surface area (Å²) in [6.07, 6.45) is 1.56. The van der Waals surface area contributed by atoms with Gasteiger partial charge >= 0.3 is 0 Å². The highest BCUT2D eigenvalue weighted by molar-refractivity contribution is 5.76. The number of rotatable bonds is 3. The van der Waals surface area contributed by atoms with Crippen molar-refractivity contribution in [2.24, 2.45) is 7.05 Å². The normalized spacial score (nSPS) is 14.1. The standard InChI is InChI=1S/C20H24N6O/c1-14-12-18(21)26(22-14)13-19(27)25-10-8-16-17(9-11-25)23-24(2)20(16)15-6-4-3-5-7-15/h3-7,12H,8-11,13,21H2,1-2H3. The van der Waals surface area contributed by atoms with Crippen molar-refractivity contribution in [1.29, 1.82) is 0 Å². The summed E-state index contributed by atoms with van der Waals surface area (Å²) in [5.41, 5.74) is 11.4. The molecule has 0 atom stereocenters. The van der Waals surface area contributed by atoms with E-state index < -0.39 is 0 Å². The Balaban J connectivity index is 1.53. The fraction of sp³-hybridized carbons (Fsp3) is 0.350.